The Morgan fingerprint density at radius 2 is 1.90 bits per heavy atom. The molecule has 0 fully saturated rings. The van der Waals surface area contributed by atoms with Crippen LogP contribution in [0.4, 0.5) is 11.4 Å². The fourth-order valence-electron chi connectivity index (χ4n) is 1.78. The molecule has 21 heavy (non-hydrogen) atoms. The van der Waals surface area contributed by atoms with Gasteiger partial charge in [-0.15, -0.1) is 0 Å². The van der Waals surface area contributed by atoms with E-state index in [1.807, 2.05) is 6.07 Å². The molecule has 1 amide bonds. The van der Waals surface area contributed by atoms with Crippen LogP contribution in [-0.2, 0) is 0 Å². The number of nitrogens with zero attached hydrogens (tertiary/aromatic N) is 2. The lowest BCUT2D eigenvalue weighted by Crippen LogP contribution is -2.12. The van der Waals surface area contributed by atoms with Gasteiger partial charge < -0.3 is 5.32 Å². The zero-order valence-electron chi connectivity index (χ0n) is 11.2. The molecule has 0 heterocycles. The van der Waals surface area contributed by atoms with E-state index in [-0.39, 0.29) is 5.69 Å². The molecule has 0 saturated heterocycles. The average molecular weight is 281 g/mol. The summed E-state index contributed by atoms with van der Waals surface area (Å²) >= 11 is 0. The van der Waals surface area contributed by atoms with Crippen LogP contribution in [-0.4, -0.2) is 10.8 Å². The summed E-state index contributed by atoms with van der Waals surface area (Å²) in [7, 11) is 0. The zero-order valence-corrected chi connectivity index (χ0v) is 11.2. The number of hydrogen-bond donors (Lipinski definition) is 1. The van der Waals surface area contributed by atoms with Crippen LogP contribution in [0.3, 0.4) is 0 Å². The summed E-state index contributed by atoms with van der Waals surface area (Å²) in [4.78, 5) is 22.4. The number of benzene rings is 2. The first-order chi connectivity index (χ1) is 10.0. The van der Waals surface area contributed by atoms with Crippen LogP contribution in [0, 0.1) is 28.4 Å². The van der Waals surface area contributed by atoms with Crippen molar-refractivity contribution < 1.29 is 9.72 Å². The van der Waals surface area contributed by atoms with E-state index in [4.69, 9.17) is 5.26 Å². The second-order valence-corrected chi connectivity index (χ2v) is 4.40. The van der Waals surface area contributed by atoms with Gasteiger partial charge in [0.2, 0.25) is 0 Å². The molecule has 1 N–H and O–H groups in total. The fraction of sp³-hybridized carbons (Fsp3) is 0.0667. The van der Waals surface area contributed by atoms with Gasteiger partial charge in [-0.2, -0.15) is 5.26 Å². The summed E-state index contributed by atoms with van der Waals surface area (Å²) < 4.78 is 0. The van der Waals surface area contributed by atoms with Gasteiger partial charge >= 0.3 is 0 Å². The van der Waals surface area contributed by atoms with Gasteiger partial charge in [0.25, 0.3) is 11.6 Å². The molecule has 0 aliphatic heterocycles. The highest BCUT2D eigenvalue weighted by Gasteiger charge is 2.13. The minimum atomic E-state index is -0.493. The summed E-state index contributed by atoms with van der Waals surface area (Å²) in [6.07, 6.45) is 0. The lowest BCUT2D eigenvalue weighted by Gasteiger charge is -2.06. The van der Waals surface area contributed by atoms with E-state index >= 15 is 0 Å². The monoisotopic (exact) mass is 281 g/mol. The predicted molar refractivity (Wildman–Crippen MR) is 76.9 cm³/mol. The Morgan fingerprint density at radius 3 is 2.48 bits per heavy atom. The van der Waals surface area contributed by atoms with E-state index in [1.165, 1.54) is 30.3 Å². The number of nitro groups is 1. The third-order valence-corrected chi connectivity index (χ3v) is 2.94. The number of nitrogens with one attached hydrogen (secondary N) is 1. The molecule has 0 aromatic heterocycles. The number of carbonyl (C=O) groups excluding carboxylic acids is 1. The maximum atomic E-state index is 12.0. The van der Waals surface area contributed by atoms with Crippen LogP contribution < -0.4 is 5.32 Å². The van der Waals surface area contributed by atoms with Crippen molar-refractivity contribution in [2.75, 3.05) is 5.32 Å². The number of anilines is 1. The van der Waals surface area contributed by atoms with Crippen LogP contribution in [0.1, 0.15) is 21.5 Å². The number of amides is 1. The van der Waals surface area contributed by atoms with Gasteiger partial charge in [0, 0.05) is 22.9 Å². The van der Waals surface area contributed by atoms with Gasteiger partial charge in [-0.1, -0.05) is 6.07 Å². The first-order valence-electron chi connectivity index (χ1n) is 6.08. The van der Waals surface area contributed by atoms with Crippen LogP contribution in [0.25, 0.3) is 0 Å². The van der Waals surface area contributed by atoms with Crippen molar-refractivity contribution in [2.24, 2.45) is 0 Å². The average Bonchev–Trinajstić information content (AvgIpc) is 2.49. The van der Waals surface area contributed by atoms with Gasteiger partial charge in [-0.05, 0) is 37.3 Å². The fourth-order valence-corrected chi connectivity index (χ4v) is 1.78. The summed E-state index contributed by atoms with van der Waals surface area (Å²) in [5, 5.41) is 22.2. The lowest BCUT2D eigenvalue weighted by molar-refractivity contribution is -0.385. The van der Waals surface area contributed by atoms with E-state index < -0.39 is 10.8 Å². The Kier molecular flexibility index (Phi) is 3.95. The van der Waals surface area contributed by atoms with E-state index in [0.717, 1.165) is 0 Å². The SMILES string of the molecule is Cc1ccc(NC(=O)c2ccc(C#N)cc2)cc1[N+](=O)[O-]. The lowest BCUT2D eigenvalue weighted by atomic mass is 10.1. The molecule has 0 radical (unpaired) electrons. The molecule has 0 aliphatic rings. The Labute approximate surface area is 120 Å². The first-order valence-corrected chi connectivity index (χ1v) is 6.08. The number of nitro benzene ring substituents is 1. The summed E-state index contributed by atoms with van der Waals surface area (Å²) in [6.45, 7) is 1.63. The number of nitriles is 1. The Bertz CT molecular complexity index is 746. The molecule has 2 rings (SSSR count). The normalized spacial score (nSPS) is 9.71. The highest BCUT2D eigenvalue weighted by molar-refractivity contribution is 6.04. The molecular formula is C15H11N3O3. The van der Waals surface area contributed by atoms with Crippen molar-refractivity contribution in [2.45, 2.75) is 6.92 Å². The molecule has 0 aliphatic carbocycles. The van der Waals surface area contributed by atoms with Crippen molar-refractivity contribution >= 4 is 17.3 Å². The number of aryl methyl sites for hydroxylation is 1. The molecule has 0 unspecified atom stereocenters. The molecule has 104 valence electrons. The number of hydrogen-bond acceptors (Lipinski definition) is 4. The Balaban J connectivity index is 2.21. The Hall–Kier alpha value is -3.20. The second-order valence-electron chi connectivity index (χ2n) is 4.40. The minimum absolute atomic E-state index is 0.0485. The quantitative estimate of drug-likeness (QED) is 0.690. The molecule has 0 bridgehead atoms. The van der Waals surface area contributed by atoms with Crippen molar-refractivity contribution in [3.63, 3.8) is 0 Å². The standard InChI is InChI=1S/C15H11N3O3/c1-10-2-7-13(8-14(10)18(20)21)17-15(19)12-5-3-11(9-16)4-6-12/h2-8H,1H3,(H,17,19). The number of rotatable bonds is 3. The van der Waals surface area contributed by atoms with Crippen molar-refractivity contribution in [1.29, 1.82) is 5.26 Å². The van der Waals surface area contributed by atoms with Gasteiger partial charge in [0.15, 0.2) is 0 Å². The highest BCUT2D eigenvalue weighted by atomic mass is 16.6. The molecule has 2 aromatic carbocycles. The largest absolute Gasteiger partial charge is 0.322 e. The van der Waals surface area contributed by atoms with Crippen molar-refractivity contribution in [1.82, 2.24) is 0 Å². The molecule has 0 spiro atoms. The van der Waals surface area contributed by atoms with Gasteiger partial charge in [-0.3, -0.25) is 14.9 Å². The molecule has 0 saturated carbocycles. The van der Waals surface area contributed by atoms with E-state index in [9.17, 15) is 14.9 Å². The van der Waals surface area contributed by atoms with E-state index in [2.05, 4.69) is 5.32 Å². The van der Waals surface area contributed by atoms with Gasteiger partial charge in [0.1, 0.15) is 0 Å². The molecular weight excluding hydrogens is 270 g/mol. The maximum absolute atomic E-state index is 12.0. The second kappa shape index (κ2) is 5.84. The van der Waals surface area contributed by atoms with E-state index in [1.54, 1.807) is 19.1 Å². The van der Waals surface area contributed by atoms with Gasteiger partial charge in [0.05, 0.1) is 16.6 Å². The van der Waals surface area contributed by atoms with Crippen LogP contribution in [0.15, 0.2) is 42.5 Å². The molecule has 0 atom stereocenters. The maximum Gasteiger partial charge on any atom is 0.274 e. The van der Waals surface area contributed by atoms with Crippen LogP contribution in [0.5, 0.6) is 0 Å². The first kappa shape index (κ1) is 14.2. The van der Waals surface area contributed by atoms with Crippen molar-refractivity contribution in [3.05, 3.63) is 69.3 Å². The highest BCUT2D eigenvalue weighted by Crippen LogP contribution is 2.22. The Morgan fingerprint density at radius 1 is 1.24 bits per heavy atom. The third kappa shape index (κ3) is 3.22. The zero-order chi connectivity index (χ0) is 15.4. The smallest absolute Gasteiger partial charge is 0.274 e. The molecule has 6 heteroatoms. The minimum Gasteiger partial charge on any atom is -0.322 e. The van der Waals surface area contributed by atoms with E-state index in [0.29, 0.717) is 22.4 Å². The predicted octanol–water partition coefficient (Wildman–Crippen LogP) is 3.03. The topological polar surface area (TPSA) is 96.0 Å². The third-order valence-electron chi connectivity index (χ3n) is 2.94. The summed E-state index contributed by atoms with van der Waals surface area (Å²) in [5.74, 6) is -0.391. The van der Waals surface area contributed by atoms with Crippen LogP contribution in [0.2, 0.25) is 0 Å². The molecule has 6 nitrogen and oxygen atoms in total. The molecule has 2 aromatic rings. The summed E-state index contributed by atoms with van der Waals surface area (Å²) in [5.41, 5.74) is 1.65. The van der Waals surface area contributed by atoms with Crippen LogP contribution >= 0.6 is 0 Å². The van der Waals surface area contributed by atoms with Crippen molar-refractivity contribution in [3.8, 4) is 6.07 Å². The van der Waals surface area contributed by atoms with Gasteiger partial charge in [-0.25, -0.2) is 0 Å². The summed E-state index contributed by atoms with van der Waals surface area (Å²) in [6, 6.07) is 12.6. The number of carbonyl (C=O) groups is 1.